The lowest BCUT2D eigenvalue weighted by Crippen LogP contribution is -2.03. The monoisotopic (exact) mass is 339 g/mol. The van der Waals surface area contributed by atoms with Crippen molar-refractivity contribution >= 4 is 46.0 Å². The highest BCUT2D eigenvalue weighted by Gasteiger charge is 2.19. The first kappa shape index (κ1) is 14.6. The van der Waals surface area contributed by atoms with E-state index in [2.05, 4.69) is 9.97 Å². The van der Waals surface area contributed by atoms with Crippen molar-refractivity contribution in [1.82, 2.24) is 14.5 Å². The van der Waals surface area contributed by atoms with Gasteiger partial charge in [0.15, 0.2) is 5.65 Å². The van der Waals surface area contributed by atoms with Gasteiger partial charge in [-0.05, 0) is 37.6 Å². The Morgan fingerprint density at radius 1 is 1.19 bits per heavy atom. The summed E-state index contributed by atoms with van der Waals surface area (Å²) in [5, 5.41) is 0.876. The standard InChI is InChI=1S/C15H12Cl3N3/c1-8-3-4-11(18)13(5-8)21-14(9(2)16)20-12-6-10(17)7-19-15(12)21/h3-7,9H,1-2H3. The third-order valence-corrected chi connectivity index (χ3v) is 3.91. The molecule has 2 heterocycles. The van der Waals surface area contributed by atoms with Crippen LogP contribution in [0.25, 0.3) is 16.9 Å². The zero-order valence-corrected chi connectivity index (χ0v) is 13.7. The van der Waals surface area contributed by atoms with Crippen LogP contribution in [0.1, 0.15) is 23.7 Å². The Kier molecular flexibility index (Phi) is 3.82. The molecule has 0 saturated heterocycles. The van der Waals surface area contributed by atoms with E-state index in [1.807, 2.05) is 36.6 Å². The third kappa shape index (κ3) is 2.61. The first-order chi connectivity index (χ1) is 9.97. The van der Waals surface area contributed by atoms with Crippen LogP contribution in [0.15, 0.2) is 30.5 Å². The van der Waals surface area contributed by atoms with E-state index in [4.69, 9.17) is 34.8 Å². The summed E-state index contributed by atoms with van der Waals surface area (Å²) in [6.45, 7) is 3.87. The van der Waals surface area contributed by atoms with Gasteiger partial charge in [0.25, 0.3) is 0 Å². The lowest BCUT2D eigenvalue weighted by Gasteiger charge is -2.12. The molecule has 3 nitrogen and oxygen atoms in total. The summed E-state index contributed by atoms with van der Waals surface area (Å²) in [4.78, 5) is 8.93. The van der Waals surface area contributed by atoms with Gasteiger partial charge in [0, 0.05) is 6.20 Å². The number of imidazole rings is 1. The number of fused-ring (bicyclic) bond motifs is 1. The van der Waals surface area contributed by atoms with Crippen LogP contribution >= 0.6 is 34.8 Å². The minimum atomic E-state index is -0.283. The number of rotatable bonds is 2. The SMILES string of the molecule is Cc1ccc(Cl)c(-n2c(C(C)Cl)nc3cc(Cl)cnc32)c1. The van der Waals surface area contributed by atoms with Crippen molar-refractivity contribution in [2.24, 2.45) is 0 Å². The van der Waals surface area contributed by atoms with Gasteiger partial charge in [-0.1, -0.05) is 29.3 Å². The number of halogens is 3. The third-order valence-electron chi connectivity index (χ3n) is 3.19. The predicted molar refractivity (Wildman–Crippen MR) is 87.9 cm³/mol. The molecule has 0 aliphatic rings. The number of hydrogen-bond acceptors (Lipinski definition) is 2. The summed E-state index contributed by atoms with van der Waals surface area (Å²) < 4.78 is 1.89. The second kappa shape index (κ2) is 5.48. The van der Waals surface area contributed by atoms with Crippen molar-refractivity contribution in [2.75, 3.05) is 0 Å². The maximum atomic E-state index is 6.35. The lowest BCUT2D eigenvalue weighted by atomic mass is 10.2. The first-order valence-electron chi connectivity index (χ1n) is 6.42. The summed E-state index contributed by atoms with van der Waals surface area (Å²) in [5.41, 5.74) is 3.30. The molecule has 0 saturated carbocycles. The summed E-state index contributed by atoms with van der Waals surface area (Å²) in [5.74, 6) is 0.689. The minimum Gasteiger partial charge on any atom is -0.278 e. The molecule has 3 rings (SSSR count). The Morgan fingerprint density at radius 3 is 2.67 bits per heavy atom. The van der Waals surface area contributed by atoms with E-state index in [-0.39, 0.29) is 5.38 Å². The average Bonchev–Trinajstić information content (AvgIpc) is 2.80. The number of pyridine rings is 1. The van der Waals surface area contributed by atoms with Gasteiger partial charge in [0.1, 0.15) is 11.3 Å². The minimum absolute atomic E-state index is 0.283. The fourth-order valence-corrected chi connectivity index (χ4v) is 2.76. The highest BCUT2D eigenvalue weighted by Crippen LogP contribution is 2.31. The van der Waals surface area contributed by atoms with Crippen LogP contribution in [0.2, 0.25) is 10.0 Å². The van der Waals surface area contributed by atoms with Crippen molar-refractivity contribution in [2.45, 2.75) is 19.2 Å². The van der Waals surface area contributed by atoms with Crippen LogP contribution in [0.3, 0.4) is 0 Å². The zero-order valence-electron chi connectivity index (χ0n) is 11.4. The van der Waals surface area contributed by atoms with Crippen molar-refractivity contribution in [1.29, 1.82) is 0 Å². The maximum Gasteiger partial charge on any atom is 0.164 e. The number of alkyl halides is 1. The number of aromatic nitrogens is 3. The van der Waals surface area contributed by atoms with Gasteiger partial charge in [-0.25, -0.2) is 9.97 Å². The van der Waals surface area contributed by atoms with Gasteiger partial charge >= 0.3 is 0 Å². The van der Waals surface area contributed by atoms with Gasteiger partial charge in [-0.3, -0.25) is 4.57 Å². The number of benzene rings is 1. The number of hydrogen-bond donors (Lipinski definition) is 0. The molecule has 21 heavy (non-hydrogen) atoms. The molecule has 0 aliphatic heterocycles. The van der Waals surface area contributed by atoms with Crippen molar-refractivity contribution < 1.29 is 0 Å². The van der Waals surface area contributed by atoms with Crippen LogP contribution in [0.4, 0.5) is 0 Å². The van der Waals surface area contributed by atoms with E-state index in [0.29, 0.717) is 27.0 Å². The Bertz CT molecular complexity index is 824. The van der Waals surface area contributed by atoms with Gasteiger partial charge < -0.3 is 0 Å². The summed E-state index contributed by atoms with van der Waals surface area (Å²) >= 11 is 18.6. The summed E-state index contributed by atoms with van der Waals surface area (Å²) in [7, 11) is 0. The molecule has 0 N–H and O–H groups in total. The molecular weight excluding hydrogens is 329 g/mol. The fourth-order valence-electron chi connectivity index (χ4n) is 2.26. The topological polar surface area (TPSA) is 30.7 Å². The Labute approximate surface area is 137 Å². The van der Waals surface area contributed by atoms with E-state index in [0.717, 1.165) is 11.3 Å². The van der Waals surface area contributed by atoms with Crippen LogP contribution in [-0.4, -0.2) is 14.5 Å². The Hall–Kier alpha value is -1.29. The van der Waals surface area contributed by atoms with Crippen LogP contribution in [0.5, 0.6) is 0 Å². The molecule has 0 aliphatic carbocycles. The average molecular weight is 341 g/mol. The van der Waals surface area contributed by atoms with E-state index < -0.39 is 0 Å². The molecule has 108 valence electrons. The quantitative estimate of drug-likeness (QED) is 0.590. The van der Waals surface area contributed by atoms with Crippen LogP contribution in [0, 0.1) is 6.92 Å². The summed E-state index contributed by atoms with van der Waals surface area (Å²) in [6.07, 6.45) is 1.59. The van der Waals surface area contributed by atoms with E-state index in [9.17, 15) is 0 Å². The van der Waals surface area contributed by atoms with Gasteiger partial charge in [-0.15, -0.1) is 11.6 Å². The molecule has 0 fully saturated rings. The highest BCUT2D eigenvalue weighted by atomic mass is 35.5. The molecule has 0 bridgehead atoms. The molecule has 1 atom stereocenters. The molecule has 3 aromatic rings. The lowest BCUT2D eigenvalue weighted by molar-refractivity contribution is 0.876. The molecule has 6 heteroatoms. The van der Waals surface area contributed by atoms with Gasteiger partial charge in [0.05, 0.1) is 21.1 Å². The fraction of sp³-hybridized carbons (Fsp3) is 0.200. The molecular formula is C15H12Cl3N3. The molecule has 0 radical (unpaired) electrons. The smallest absolute Gasteiger partial charge is 0.164 e. The van der Waals surface area contributed by atoms with Crippen LogP contribution in [-0.2, 0) is 0 Å². The second-order valence-corrected chi connectivity index (χ2v) is 6.37. The first-order valence-corrected chi connectivity index (χ1v) is 7.61. The predicted octanol–water partition coefficient (Wildman–Crippen LogP) is 5.34. The van der Waals surface area contributed by atoms with Crippen molar-refractivity contribution in [3.8, 4) is 5.69 Å². The second-order valence-electron chi connectivity index (χ2n) is 4.87. The highest BCUT2D eigenvalue weighted by molar-refractivity contribution is 6.32. The van der Waals surface area contributed by atoms with Crippen molar-refractivity contribution in [3.63, 3.8) is 0 Å². The number of aryl methyl sites for hydroxylation is 1. The van der Waals surface area contributed by atoms with Crippen molar-refractivity contribution in [3.05, 3.63) is 51.9 Å². The largest absolute Gasteiger partial charge is 0.278 e. The van der Waals surface area contributed by atoms with Gasteiger partial charge in [0.2, 0.25) is 0 Å². The molecule has 1 aromatic carbocycles. The van der Waals surface area contributed by atoms with E-state index in [1.165, 1.54) is 0 Å². The zero-order chi connectivity index (χ0) is 15.1. The Balaban J connectivity index is 2.39. The Morgan fingerprint density at radius 2 is 1.95 bits per heavy atom. The van der Waals surface area contributed by atoms with E-state index >= 15 is 0 Å². The summed E-state index contributed by atoms with van der Waals surface area (Å²) in [6, 6.07) is 7.57. The molecule has 0 amide bonds. The molecule has 0 spiro atoms. The van der Waals surface area contributed by atoms with Gasteiger partial charge in [-0.2, -0.15) is 0 Å². The van der Waals surface area contributed by atoms with Crippen LogP contribution < -0.4 is 0 Å². The maximum absolute atomic E-state index is 6.35. The molecule has 2 aromatic heterocycles. The normalized spacial score (nSPS) is 12.8. The van der Waals surface area contributed by atoms with E-state index in [1.54, 1.807) is 12.3 Å². The molecule has 1 unspecified atom stereocenters. The number of nitrogens with zero attached hydrogens (tertiary/aromatic N) is 3.